The molecule has 0 aromatic heterocycles. The van der Waals surface area contributed by atoms with E-state index in [-0.39, 0.29) is 5.54 Å². The average Bonchev–Trinajstić information content (AvgIpc) is 2.32. The predicted octanol–water partition coefficient (Wildman–Crippen LogP) is 0.0989. The molecule has 0 aromatic carbocycles. The standard InChI is InChI=1S/C9H20N2O/c1-8(2,12)6-11-9(3)4-5-10-7-9/h10-12H,4-7H2,1-3H3. The normalized spacial score (nSPS) is 31.0. The summed E-state index contributed by atoms with van der Waals surface area (Å²) >= 11 is 0. The molecule has 0 amide bonds. The van der Waals surface area contributed by atoms with Crippen molar-refractivity contribution in [3.05, 3.63) is 0 Å². The van der Waals surface area contributed by atoms with Crippen molar-refractivity contribution in [2.45, 2.75) is 38.3 Å². The van der Waals surface area contributed by atoms with E-state index in [9.17, 15) is 5.11 Å². The van der Waals surface area contributed by atoms with Crippen LogP contribution in [0.15, 0.2) is 0 Å². The zero-order valence-corrected chi connectivity index (χ0v) is 8.28. The first-order valence-electron chi connectivity index (χ1n) is 4.59. The molecule has 0 saturated carbocycles. The Bertz CT molecular complexity index is 145. The van der Waals surface area contributed by atoms with E-state index >= 15 is 0 Å². The topological polar surface area (TPSA) is 44.3 Å². The molecule has 3 nitrogen and oxygen atoms in total. The van der Waals surface area contributed by atoms with E-state index in [0.717, 1.165) is 19.5 Å². The highest BCUT2D eigenvalue weighted by Crippen LogP contribution is 2.14. The van der Waals surface area contributed by atoms with Crippen molar-refractivity contribution < 1.29 is 5.11 Å². The first kappa shape index (κ1) is 9.96. The number of β-amino-alcohol motifs (C(OH)–C–C–N with tert-alkyl or cyclic N) is 1. The van der Waals surface area contributed by atoms with Gasteiger partial charge in [0, 0.05) is 18.6 Å². The Labute approximate surface area is 74.5 Å². The Morgan fingerprint density at radius 3 is 2.67 bits per heavy atom. The predicted molar refractivity (Wildman–Crippen MR) is 50.2 cm³/mol. The van der Waals surface area contributed by atoms with Crippen molar-refractivity contribution >= 4 is 0 Å². The molecule has 3 heteroatoms. The maximum atomic E-state index is 9.51. The van der Waals surface area contributed by atoms with Crippen molar-refractivity contribution in [1.29, 1.82) is 0 Å². The molecule has 0 radical (unpaired) electrons. The number of rotatable bonds is 3. The Morgan fingerprint density at radius 2 is 2.25 bits per heavy atom. The summed E-state index contributed by atoms with van der Waals surface area (Å²) in [4.78, 5) is 0. The molecule has 3 N–H and O–H groups in total. The maximum Gasteiger partial charge on any atom is 0.0715 e. The SMILES string of the molecule is CC(C)(O)CNC1(C)CCNC1. The summed E-state index contributed by atoms with van der Waals surface area (Å²) in [5, 5.41) is 16.2. The second kappa shape index (κ2) is 3.32. The van der Waals surface area contributed by atoms with Crippen LogP contribution in [0.3, 0.4) is 0 Å². The van der Waals surface area contributed by atoms with Gasteiger partial charge in [0.15, 0.2) is 0 Å². The molecule has 1 unspecified atom stereocenters. The number of hydrogen-bond acceptors (Lipinski definition) is 3. The van der Waals surface area contributed by atoms with Gasteiger partial charge in [-0.15, -0.1) is 0 Å². The van der Waals surface area contributed by atoms with E-state index in [1.807, 2.05) is 13.8 Å². The van der Waals surface area contributed by atoms with Crippen molar-refractivity contribution in [2.24, 2.45) is 0 Å². The number of nitrogens with one attached hydrogen (secondary N) is 2. The highest BCUT2D eigenvalue weighted by Gasteiger charge is 2.29. The molecule has 0 aromatic rings. The summed E-state index contributed by atoms with van der Waals surface area (Å²) < 4.78 is 0. The summed E-state index contributed by atoms with van der Waals surface area (Å²) in [5.74, 6) is 0. The van der Waals surface area contributed by atoms with Gasteiger partial charge in [0.2, 0.25) is 0 Å². The molecule has 1 saturated heterocycles. The zero-order valence-electron chi connectivity index (χ0n) is 8.28. The Kier molecular flexibility index (Phi) is 2.76. The summed E-state index contributed by atoms with van der Waals surface area (Å²) in [6, 6.07) is 0. The van der Waals surface area contributed by atoms with Crippen LogP contribution in [0.2, 0.25) is 0 Å². The Balaban J connectivity index is 2.30. The van der Waals surface area contributed by atoms with Crippen LogP contribution in [0.4, 0.5) is 0 Å². The second-order valence-corrected chi connectivity index (χ2v) is 4.65. The third-order valence-corrected chi connectivity index (χ3v) is 2.32. The molecule has 0 aliphatic carbocycles. The molecule has 1 fully saturated rings. The van der Waals surface area contributed by atoms with Gasteiger partial charge < -0.3 is 15.7 Å². The first-order chi connectivity index (χ1) is 5.41. The van der Waals surface area contributed by atoms with E-state index in [1.165, 1.54) is 0 Å². The molecule has 0 bridgehead atoms. The van der Waals surface area contributed by atoms with Gasteiger partial charge in [0.25, 0.3) is 0 Å². The first-order valence-corrected chi connectivity index (χ1v) is 4.59. The quantitative estimate of drug-likeness (QED) is 0.565. The third kappa shape index (κ3) is 3.09. The molecule has 1 atom stereocenters. The molecular weight excluding hydrogens is 152 g/mol. The van der Waals surface area contributed by atoms with E-state index in [4.69, 9.17) is 0 Å². The molecule has 1 rings (SSSR count). The van der Waals surface area contributed by atoms with Gasteiger partial charge in [-0.1, -0.05) is 0 Å². The molecular formula is C9H20N2O. The van der Waals surface area contributed by atoms with Gasteiger partial charge in [0.1, 0.15) is 0 Å². The van der Waals surface area contributed by atoms with Crippen LogP contribution in [-0.4, -0.2) is 35.9 Å². The fourth-order valence-electron chi connectivity index (χ4n) is 1.40. The lowest BCUT2D eigenvalue weighted by Gasteiger charge is -2.29. The van der Waals surface area contributed by atoms with Crippen LogP contribution in [0.1, 0.15) is 27.2 Å². The third-order valence-electron chi connectivity index (χ3n) is 2.32. The van der Waals surface area contributed by atoms with E-state index < -0.39 is 5.60 Å². The van der Waals surface area contributed by atoms with Gasteiger partial charge in [-0.25, -0.2) is 0 Å². The average molecular weight is 172 g/mol. The summed E-state index contributed by atoms with van der Waals surface area (Å²) in [7, 11) is 0. The van der Waals surface area contributed by atoms with Crippen molar-refractivity contribution in [2.75, 3.05) is 19.6 Å². The second-order valence-electron chi connectivity index (χ2n) is 4.65. The zero-order chi connectivity index (χ0) is 9.24. The number of hydrogen-bond donors (Lipinski definition) is 3. The fourth-order valence-corrected chi connectivity index (χ4v) is 1.40. The van der Waals surface area contributed by atoms with Gasteiger partial charge >= 0.3 is 0 Å². The molecule has 72 valence electrons. The fraction of sp³-hybridized carbons (Fsp3) is 1.00. The van der Waals surface area contributed by atoms with Crippen LogP contribution in [0.5, 0.6) is 0 Å². The van der Waals surface area contributed by atoms with Crippen LogP contribution in [0, 0.1) is 0 Å². The van der Waals surface area contributed by atoms with E-state index in [0.29, 0.717) is 6.54 Å². The van der Waals surface area contributed by atoms with E-state index in [2.05, 4.69) is 17.6 Å². The van der Waals surface area contributed by atoms with Crippen molar-refractivity contribution in [3.63, 3.8) is 0 Å². The largest absolute Gasteiger partial charge is 0.389 e. The molecule has 1 heterocycles. The summed E-state index contributed by atoms with van der Waals surface area (Å²) in [6.45, 7) is 8.58. The maximum absolute atomic E-state index is 9.51. The smallest absolute Gasteiger partial charge is 0.0715 e. The molecule has 1 aliphatic heterocycles. The highest BCUT2D eigenvalue weighted by molar-refractivity contribution is 4.92. The van der Waals surface area contributed by atoms with Gasteiger partial charge in [-0.3, -0.25) is 0 Å². The van der Waals surface area contributed by atoms with Gasteiger partial charge in [-0.05, 0) is 33.7 Å². The van der Waals surface area contributed by atoms with Crippen LogP contribution in [-0.2, 0) is 0 Å². The van der Waals surface area contributed by atoms with Crippen LogP contribution >= 0.6 is 0 Å². The monoisotopic (exact) mass is 172 g/mol. The minimum atomic E-state index is -0.606. The van der Waals surface area contributed by atoms with Gasteiger partial charge in [-0.2, -0.15) is 0 Å². The molecule has 1 aliphatic rings. The van der Waals surface area contributed by atoms with Crippen LogP contribution < -0.4 is 10.6 Å². The molecule has 12 heavy (non-hydrogen) atoms. The lowest BCUT2D eigenvalue weighted by atomic mass is 10.00. The molecule has 0 spiro atoms. The lowest BCUT2D eigenvalue weighted by molar-refractivity contribution is 0.0712. The Hall–Kier alpha value is -0.120. The Morgan fingerprint density at radius 1 is 1.58 bits per heavy atom. The van der Waals surface area contributed by atoms with E-state index in [1.54, 1.807) is 0 Å². The summed E-state index contributed by atoms with van der Waals surface area (Å²) in [6.07, 6.45) is 1.14. The number of aliphatic hydroxyl groups is 1. The highest BCUT2D eigenvalue weighted by atomic mass is 16.3. The van der Waals surface area contributed by atoms with Crippen LogP contribution in [0.25, 0.3) is 0 Å². The van der Waals surface area contributed by atoms with Crippen molar-refractivity contribution in [1.82, 2.24) is 10.6 Å². The minimum Gasteiger partial charge on any atom is -0.389 e. The lowest BCUT2D eigenvalue weighted by Crippen LogP contribution is -2.49. The van der Waals surface area contributed by atoms with Crippen molar-refractivity contribution in [3.8, 4) is 0 Å². The summed E-state index contributed by atoms with van der Waals surface area (Å²) in [5.41, 5.74) is -0.425. The van der Waals surface area contributed by atoms with Gasteiger partial charge in [0.05, 0.1) is 5.60 Å². The minimum absolute atomic E-state index is 0.181.